The summed E-state index contributed by atoms with van der Waals surface area (Å²) in [6.07, 6.45) is 1.44. The predicted octanol–water partition coefficient (Wildman–Crippen LogP) is 2.05. The van der Waals surface area contributed by atoms with Crippen LogP contribution in [0, 0.1) is 0 Å². The molecule has 2 rings (SSSR count). The van der Waals surface area contributed by atoms with Crippen molar-refractivity contribution in [2.75, 3.05) is 25.4 Å². The van der Waals surface area contributed by atoms with Crippen molar-refractivity contribution in [2.24, 2.45) is 0 Å². The summed E-state index contributed by atoms with van der Waals surface area (Å²) in [5, 5.41) is -0.290. The molecule has 0 bridgehead atoms. The molecule has 6 heteroatoms. The third-order valence-corrected chi connectivity index (χ3v) is 6.59. The van der Waals surface area contributed by atoms with E-state index in [0.717, 1.165) is 11.3 Å². The zero-order valence-corrected chi connectivity index (χ0v) is 14.6. The maximum Gasteiger partial charge on any atom is 0.226 e. The van der Waals surface area contributed by atoms with Gasteiger partial charge in [-0.2, -0.15) is 0 Å². The van der Waals surface area contributed by atoms with Gasteiger partial charge in [0.05, 0.1) is 18.3 Å². The highest BCUT2D eigenvalue weighted by atomic mass is 32.2. The van der Waals surface area contributed by atoms with E-state index in [4.69, 9.17) is 4.74 Å². The summed E-state index contributed by atoms with van der Waals surface area (Å²) in [6, 6.07) is 7.53. The number of likely N-dealkylation sites (tertiary alicyclic amines) is 1. The molecule has 128 valence electrons. The third-order valence-electron chi connectivity index (χ3n) is 4.29. The number of hydrogen-bond donors (Lipinski definition) is 0. The average molecular weight is 339 g/mol. The van der Waals surface area contributed by atoms with Crippen molar-refractivity contribution in [2.45, 2.75) is 38.4 Å². The van der Waals surface area contributed by atoms with Gasteiger partial charge < -0.3 is 9.64 Å². The van der Waals surface area contributed by atoms with Crippen LogP contribution in [-0.2, 0) is 21.1 Å². The van der Waals surface area contributed by atoms with E-state index in [1.165, 1.54) is 0 Å². The van der Waals surface area contributed by atoms with Crippen LogP contribution in [-0.4, -0.2) is 49.9 Å². The lowest BCUT2D eigenvalue weighted by atomic mass is 10.1. The number of ether oxygens (including phenoxy) is 1. The van der Waals surface area contributed by atoms with E-state index < -0.39 is 9.84 Å². The average Bonchev–Trinajstić information content (AvgIpc) is 2.57. The molecule has 1 aromatic rings. The van der Waals surface area contributed by atoms with E-state index in [0.29, 0.717) is 39.0 Å². The fourth-order valence-corrected chi connectivity index (χ4v) is 4.26. The molecule has 0 N–H and O–H groups in total. The number of piperidine rings is 1. The molecule has 0 unspecified atom stereocenters. The summed E-state index contributed by atoms with van der Waals surface area (Å²) >= 11 is 0. The standard InChI is InChI=1S/C17H25NO4S/c1-3-22-15-7-5-14(6-8-15)13-17(19)18-11-9-16(10-12-18)23(20,21)4-2/h5-8,16H,3-4,9-13H2,1-2H3. The summed E-state index contributed by atoms with van der Waals surface area (Å²) in [7, 11) is -2.99. The molecule has 0 saturated carbocycles. The van der Waals surface area contributed by atoms with Gasteiger partial charge in [-0.15, -0.1) is 0 Å². The number of hydrogen-bond acceptors (Lipinski definition) is 4. The first-order chi connectivity index (χ1) is 11.0. The molecule has 0 aromatic heterocycles. The van der Waals surface area contributed by atoms with Gasteiger partial charge in [0.2, 0.25) is 5.91 Å². The first-order valence-electron chi connectivity index (χ1n) is 8.17. The second kappa shape index (κ2) is 7.81. The summed E-state index contributed by atoms with van der Waals surface area (Å²) in [6.45, 7) is 5.28. The van der Waals surface area contributed by atoms with Gasteiger partial charge in [-0.3, -0.25) is 4.79 Å². The van der Waals surface area contributed by atoms with Gasteiger partial charge in [0, 0.05) is 18.8 Å². The van der Waals surface area contributed by atoms with Crippen LogP contribution in [0.15, 0.2) is 24.3 Å². The molecule has 0 aliphatic carbocycles. The van der Waals surface area contributed by atoms with E-state index in [-0.39, 0.29) is 16.9 Å². The van der Waals surface area contributed by atoms with Crippen LogP contribution in [0.1, 0.15) is 32.3 Å². The first-order valence-corrected chi connectivity index (χ1v) is 9.89. The Bertz CT molecular complexity index is 616. The van der Waals surface area contributed by atoms with E-state index in [1.54, 1.807) is 11.8 Å². The zero-order valence-electron chi connectivity index (χ0n) is 13.8. The number of amides is 1. The van der Waals surface area contributed by atoms with E-state index in [1.807, 2.05) is 31.2 Å². The molecular formula is C17H25NO4S. The summed E-state index contributed by atoms with van der Waals surface area (Å²) in [5.41, 5.74) is 0.946. The van der Waals surface area contributed by atoms with Gasteiger partial charge in [-0.05, 0) is 37.5 Å². The Morgan fingerprint density at radius 2 is 1.78 bits per heavy atom. The lowest BCUT2D eigenvalue weighted by molar-refractivity contribution is -0.131. The first kappa shape index (κ1) is 17.8. The Hall–Kier alpha value is -1.56. The molecule has 0 radical (unpaired) electrons. The van der Waals surface area contributed by atoms with E-state index >= 15 is 0 Å². The van der Waals surface area contributed by atoms with Crippen LogP contribution >= 0.6 is 0 Å². The topological polar surface area (TPSA) is 63.7 Å². The normalized spacial score (nSPS) is 16.3. The lowest BCUT2D eigenvalue weighted by Gasteiger charge is -2.31. The molecule has 1 aromatic carbocycles. The number of carbonyl (C=O) groups is 1. The Balaban J connectivity index is 1.88. The van der Waals surface area contributed by atoms with Crippen LogP contribution in [0.25, 0.3) is 0 Å². The summed E-state index contributed by atoms with van der Waals surface area (Å²) < 4.78 is 29.2. The highest BCUT2D eigenvalue weighted by molar-refractivity contribution is 7.92. The van der Waals surface area contributed by atoms with Gasteiger partial charge in [0.1, 0.15) is 5.75 Å². The van der Waals surface area contributed by atoms with Gasteiger partial charge in [0.25, 0.3) is 0 Å². The van der Waals surface area contributed by atoms with Crippen molar-refractivity contribution in [1.29, 1.82) is 0 Å². The fourth-order valence-electron chi connectivity index (χ4n) is 2.86. The van der Waals surface area contributed by atoms with Crippen molar-refractivity contribution in [3.05, 3.63) is 29.8 Å². The van der Waals surface area contributed by atoms with E-state index in [9.17, 15) is 13.2 Å². The molecule has 1 heterocycles. The van der Waals surface area contributed by atoms with Gasteiger partial charge in [-0.1, -0.05) is 19.1 Å². The molecule has 23 heavy (non-hydrogen) atoms. The minimum absolute atomic E-state index is 0.0570. The molecule has 1 saturated heterocycles. The minimum atomic E-state index is -2.99. The van der Waals surface area contributed by atoms with Crippen molar-refractivity contribution < 1.29 is 17.9 Å². The molecule has 0 atom stereocenters. The van der Waals surface area contributed by atoms with Gasteiger partial charge >= 0.3 is 0 Å². The largest absolute Gasteiger partial charge is 0.494 e. The van der Waals surface area contributed by atoms with Crippen molar-refractivity contribution >= 4 is 15.7 Å². The van der Waals surface area contributed by atoms with Crippen LogP contribution in [0.3, 0.4) is 0 Å². The number of benzene rings is 1. The predicted molar refractivity (Wildman–Crippen MR) is 90.4 cm³/mol. The van der Waals surface area contributed by atoms with Crippen LogP contribution < -0.4 is 4.74 Å². The fraction of sp³-hybridized carbons (Fsp3) is 0.588. The minimum Gasteiger partial charge on any atom is -0.494 e. The molecule has 1 amide bonds. The Labute approximate surface area is 138 Å². The van der Waals surface area contributed by atoms with Gasteiger partial charge in [0.15, 0.2) is 9.84 Å². The monoisotopic (exact) mass is 339 g/mol. The second-order valence-corrected chi connectivity index (χ2v) is 8.36. The molecule has 5 nitrogen and oxygen atoms in total. The van der Waals surface area contributed by atoms with Crippen LogP contribution in [0.5, 0.6) is 5.75 Å². The molecule has 1 fully saturated rings. The third kappa shape index (κ3) is 4.70. The Morgan fingerprint density at radius 3 is 2.30 bits per heavy atom. The van der Waals surface area contributed by atoms with E-state index in [2.05, 4.69) is 0 Å². The van der Waals surface area contributed by atoms with Gasteiger partial charge in [-0.25, -0.2) is 8.42 Å². The SMILES string of the molecule is CCOc1ccc(CC(=O)N2CCC(S(=O)(=O)CC)CC2)cc1. The van der Waals surface area contributed by atoms with Crippen LogP contribution in [0.4, 0.5) is 0 Å². The zero-order chi connectivity index (χ0) is 16.9. The highest BCUT2D eigenvalue weighted by Gasteiger charge is 2.30. The van der Waals surface area contributed by atoms with Crippen LogP contribution in [0.2, 0.25) is 0 Å². The smallest absolute Gasteiger partial charge is 0.226 e. The second-order valence-electron chi connectivity index (χ2n) is 5.79. The van der Waals surface area contributed by atoms with Crippen molar-refractivity contribution in [3.8, 4) is 5.75 Å². The molecule has 0 spiro atoms. The number of carbonyl (C=O) groups excluding carboxylic acids is 1. The number of sulfone groups is 1. The maximum absolute atomic E-state index is 12.3. The highest BCUT2D eigenvalue weighted by Crippen LogP contribution is 2.20. The van der Waals surface area contributed by atoms with Crippen molar-refractivity contribution in [3.63, 3.8) is 0 Å². The van der Waals surface area contributed by atoms with Crippen molar-refractivity contribution in [1.82, 2.24) is 4.90 Å². The Morgan fingerprint density at radius 1 is 1.17 bits per heavy atom. The summed E-state index contributed by atoms with van der Waals surface area (Å²) in [4.78, 5) is 14.1. The maximum atomic E-state index is 12.3. The summed E-state index contributed by atoms with van der Waals surface area (Å²) in [5.74, 6) is 1.04. The lowest BCUT2D eigenvalue weighted by Crippen LogP contribution is -2.43. The molecular weight excluding hydrogens is 314 g/mol. The molecule has 1 aliphatic rings. The molecule has 1 aliphatic heterocycles. The number of nitrogens with zero attached hydrogens (tertiary/aromatic N) is 1. The Kier molecular flexibility index (Phi) is 6.04. The number of rotatable bonds is 6. The quantitative estimate of drug-likeness (QED) is 0.796.